The summed E-state index contributed by atoms with van der Waals surface area (Å²) in [6.45, 7) is 7.53. The molecule has 7 heteroatoms. The van der Waals surface area contributed by atoms with Crippen LogP contribution in [0.2, 0.25) is 0 Å². The number of alkyl carbamates (subject to hydrolysis) is 1. The second-order valence-corrected chi connectivity index (χ2v) is 8.81. The summed E-state index contributed by atoms with van der Waals surface area (Å²) in [5, 5.41) is 2.73. The van der Waals surface area contributed by atoms with Crippen LogP contribution in [0.4, 0.5) is 9.18 Å². The van der Waals surface area contributed by atoms with Gasteiger partial charge in [0.2, 0.25) is 5.91 Å². The van der Waals surface area contributed by atoms with E-state index in [1.807, 2.05) is 43.3 Å². The van der Waals surface area contributed by atoms with E-state index in [1.165, 1.54) is 4.90 Å². The Morgan fingerprint density at radius 3 is 2.46 bits per heavy atom. The highest BCUT2D eigenvalue weighted by atomic mass is 79.9. The van der Waals surface area contributed by atoms with Crippen LogP contribution in [0.25, 0.3) is 0 Å². The maximum absolute atomic E-state index is 13.7. The number of halogens is 2. The molecule has 1 fully saturated rings. The minimum absolute atomic E-state index is 0.0498. The topological polar surface area (TPSA) is 58.6 Å². The first kappa shape index (κ1) is 22.4. The summed E-state index contributed by atoms with van der Waals surface area (Å²) < 4.78 is 19.9. The number of carbonyl (C=O) groups is 2. The molecule has 1 heterocycles. The maximum atomic E-state index is 13.7. The monoisotopic (exact) mass is 454 g/mol. The van der Waals surface area contributed by atoms with Crippen LogP contribution in [0.5, 0.6) is 0 Å². The molecule has 2 amide bonds. The Kier molecular flexibility index (Phi) is 7.63. The molecule has 3 atom stereocenters. The molecule has 1 aromatic rings. The molecule has 1 aliphatic heterocycles. The van der Waals surface area contributed by atoms with Gasteiger partial charge in [-0.2, -0.15) is 0 Å². The van der Waals surface area contributed by atoms with E-state index >= 15 is 0 Å². The molecule has 1 saturated heterocycles. The van der Waals surface area contributed by atoms with Crippen molar-refractivity contribution in [2.45, 2.75) is 57.8 Å². The lowest BCUT2D eigenvalue weighted by Gasteiger charge is -2.30. The average molecular weight is 455 g/mol. The minimum atomic E-state index is -1.03. The van der Waals surface area contributed by atoms with Crippen LogP contribution >= 0.6 is 15.9 Å². The van der Waals surface area contributed by atoms with Crippen molar-refractivity contribution in [1.82, 2.24) is 10.2 Å². The molecular weight excluding hydrogens is 427 g/mol. The third kappa shape index (κ3) is 6.33. The molecule has 0 saturated carbocycles. The number of likely N-dealkylation sites (tertiary alicyclic amines) is 1. The van der Waals surface area contributed by atoms with E-state index in [4.69, 9.17) is 4.74 Å². The number of alkyl halides is 1. The van der Waals surface area contributed by atoms with Crippen LogP contribution in [0, 0.1) is 0 Å². The highest BCUT2D eigenvalue weighted by molar-refractivity contribution is 9.10. The number of carbonyl (C=O) groups excluding carboxylic acids is 2. The van der Waals surface area contributed by atoms with Gasteiger partial charge in [0.05, 0.1) is 6.54 Å². The Labute approximate surface area is 174 Å². The molecule has 1 N–H and O–H groups in total. The van der Waals surface area contributed by atoms with Crippen molar-refractivity contribution in [2.24, 2.45) is 0 Å². The Morgan fingerprint density at radius 2 is 1.96 bits per heavy atom. The van der Waals surface area contributed by atoms with Crippen molar-refractivity contribution in [3.63, 3.8) is 0 Å². The summed E-state index contributed by atoms with van der Waals surface area (Å²) in [4.78, 5) is 27.1. The fourth-order valence-corrected chi connectivity index (χ4v) is 3.43. The van der Waals surface area contributed by atoms with E-state index < -0.39 is 29.8 Å². The van der Waals surface area contributed by atoms with E-state index in [2.05, 4.69) is 21.2 Å². The van der Waals surface area contributed by atoms with E-state index in [1.54, 1.807) is 20.8 Å². The lowest BCUT2D eigenvalue weighted by molar-refractivity contribution is -0.132. The lowest BCUT2D eigenvalue weighted by atomic mass is 9.90. The smallest absolute Gasteiger partial charge is 0.408 e. The van der Waals surface area contributed by atoms with Crippen molar-refractivity contribution < 1.29 is 18.7 Å². The van der Waals surface area contributed by atoms with Crippen molar-refractivity contribution in [3.05, 3.63) is 46.5 Å². The number of nitrogens with zero attached hydrogens (tertiary/aromatic N) is 1. The number of hydrogen-bond acceptors (Lipinski definition) is 3. The number of hydrogen-bond donors (Lipinski definition) is 1. The predicted octanol–water partition coefficient (Wildman–Crippen LogP) is 4.57. The van der Waals surface area contributed by atoms with Gasteiger partial charge in [-0.3, -0.25) is 4.79 Å². The molecule has 1 aliphatic rings. The van der Waals surface area contributed by atoms with Gasteiger partial charge in [-0.05, 0) is 51.8 Å². The van der Waals surface area contributed by atoms with Crippen molar-refractivity contribution in [2.75, 3.05) is 13.1 Å². The number of benzene rings is 1. The molecule has 0 spiro atoms. The molecule has 0 unspecified atom stereocenters. The van der Waals surface area contributed by atoms with Gasteiger partial charge in [-0.15, -0.1) is 0 Å². The van der Waals surface area contributed by atoms with Crippen LogP contribution in [0.15, 0.2) is 40.9 Å². The number of ether oxygens (including phenoxy) is 1. The Balaban J connectivity index is 2.34. The van der Waals surface area contributed by atoms with Gasteiger partial charge in [-0.25, -0.2) is 9.18 Å². The highest BCUT2D eigenvalue weighted by Crippen LogP contribution is 2.27. The molecule has 0 bridgehead atoms. The largest absolute Gasteiger partial charge is 0.444 e. The number of allylic oxidation sites excluding steroid dienone is 1. The van der Waals surface area contributed by atoms with Gasteiger partial charge in [0.25, 0.3) is 0 Å². The summed E-state index contributed by atoms with van der Waals surface area (Å²) in [5.41, 5.74) is 0.176. The van der Waals surface area contributed by atoms with Gasteiger partial charge >= 0.3 is 6.09 Å². The summed E-state index contributed by atoms with van der Waals surface area (Å²) in [6, 6.07) is 6.67. The zero-order valence-electron chi connectivity index (χ0n) is 16.7. The van der Waals surface area contributed by atoms with Crippen molar-refractivity contribution in [1.29, 1.82) is 0 Å². The summed E-state index contributed by atoms with van der Waals surface area (Å²) in [6.07, 6.45) is 2.32. The molecule has 2 rings (SSSR count). The van der Waals surface area contributed by atoms with Crippen LogP contribution in [0.1, 0.15) is 45.6 Å². The van der Waals surface area contributed by atoms with Gasteiger partial charge in [0, 0.05) is 16.9 Å². The molecule has 5 nitrogen and oxygen atoms in total. The number of rotatable bonds is 5. The molecule has 0 radical (unpaired) electrons. The van der Waals surface area contributed by atoms with Gasteiger partial charge < -0.3 is 15.0 Å². The first-order valence-electron chi connectivity index (χ1n) is 9.41. The SMILES string of the molecule is CC=C[C@@H](c1ccc(Br)cc1)[C@H](NC(=O)OC(C)(C)C)C(=O)N1CC[C@H](F)C1. The summed E-state index contributed by atoms with van der Waals surface area (Å²) in [5.74, 6) is -0.714. The van der Waals surface area contributed by atoms with Crippen LogP contribution in [-0.4, -0.2) is 47.8 Å². The first-order chi connectivity index (χ1) is 13.1. The van der Waals surface area contributed by atoms with E-state index in [9.17, 15) is 14.0 Å². The molecular formula is C21H28BrFN2O3. The van der Waals surface area contributed by atoms with Gasteiger partial charge in [0.15, 0.2) is 0 Å². The minimum Gasteiger partial charge on any atom is -0.444 e. The standard InChI is InChI=1S/C21H28BrFN2O3/c1-5-6-17(14-7-9-15(22)10-8-14)18(24-20(27)28-21(2,3)4)19(26)25-12-11-16(23)13-25/h5-10,16-18H,11-13H2,1-4H3,(H,24,27)/t16-,17-,18-/m0/s1. The van der Waals surface area contributed by atoms with Crippen LogP contribution in [-0.2, 0) is 9.53 Å². The van der Waals surface area contributed by atoms with Crippen molar-refractivity contribution in [3.8, 4) is 0 Å². The molecule has 0 aliphatic carbocycles. The predicted molar refractivity (Wildman–Crippen MR) is 111 cm³/mol. The Morgan fingerprint density at radius 1 is 1.32 bits per heavy atom. The molecule has 0 aromatic heterocycles. The van der Waals surface area contributed by atoms with Gasteiger partial charge in [-0.1, -0.05) is 40.2 Å². The molecule has 154 valence electrons. The maximum Gasteiger partial charge on any atom is 0.408 e. The van der Waals surface area contributed by atoms with E-state index in [0.717, 1.165) is 10.0 Å². The Hall–Kier alpha value is -1.89. The van der Waals surface area contributed by atoms with E-state index in [0.29, 0.717) is 13.0 Å². The summed E-state index contributed by atoms with van der Waals surface area (Å²) >= 11 is 3.41. The lowest BCUT2D eigenvalue weighted by Crippen LogP contribution is -2.51. The second-order valence-electron chi connectivity index (χ2n) is 7.90. The van der Waals surface area contributed by atoms with E-state index in [-0.39, 0.29) is 12.5 Å². The zero-order valence-corrected chi connectivity index (χ0v) is 18.3. The number of amides is 2. The quantitative estimate of drug-likeness (QED) is 0.662. The fourth-order valence-electron chi connectivity index (χ4n) is 3.16. The third-order valence-corrected chi connectivity index (χ3v) is 4.92. The number of nitrogens with one attached hydrogen (secondary N) is 1. The summed E-state index contributed by atoms with van der Waals surface area (Å²) in [7, 11) is 0. The Bertz CT molecular complexity index is 715. The normalized spacial score (nSPS) is 19.5. The van der Waals surface area contributed by atoms with Gasteiger partial charge in [0.1, 0.15) is 17.8 Å². The van der Waals surface area contributed by atoms with Crippen molar-refractivity contribution >= 4 is 27.9 Å². The first-order valence-corrected chi connectivity index (χ1v) is 10.2. The van der Waals surface area contributed by atoms with Crippen LogP contribution < -0.4 is 5.32 Å². The highest BCUT2D eigenvalue weighted by Gasteiger charge is 2.37. The third-order valence-electron chi connectivity index (χ3n) is 4.39. The molecule has 1 aromatic carbocycles. The van der Waals surface area contributed by atoms with Crippen LogP contribution in [0.3, 0.4) is 0 Å². The molecule has 28 heavy (non-hydrogen) atoms. The fraction of sp³-hybridized carbons (Fsp3) is 0.524. The zero-order chi connectivity index (χ0) is 20.9. The second kappa shape index (κ2) is 9.54. The average Bonchev–Trinajstić information content (AvgIpc) is 3.03.